The van der Waals surface area contributed by atoms with Gasteiger partial charge in [0, 0.05) is 10.6 Å². The predicted molar refractivity (Wildman–Crippen MR) is 61.7 cm³/mol. The minimum atomic E-state index is 0.406. The van der Waals surface area contributed by atoms with Crippen molar-refractivity contribution in [1.29, 1.82) is 0 Å². The lowest BCUT2D eigenvalue weighted by molar-refractivity contribution is 1.08. The molecule has 76 valence electrons. The second-order valence-corrected chi connectivity index (χ2v) is 3.97. The van der Waals surface area contributed by atoms with Gasteiger partial charge in [0.15, 0.2) is 0 Å². The topological polar surface area (TPSA) is 64.2 Å². The fraction of sp³-hybridized carbons (Fsp3) is 0. The van der Waals surface area contributed by atoms with Crippen molar-refractivity contribution in [2.75, 3.05) is 0 Å². The fourth-order valence-corrected chi connectivity index (χ4v) is 1.56. The molecule has 0 bridgehead atoms. The van der Waals surface area contributed by atoms with Gasteiger partial charge in [-0.05, 0) is 24.3 Å². The van der Waals surface area contributed by atoms with Crippen LogP contribution in [0.2, 0.25) is 5.02 Å². The Morgan fingerprint density at radius 3 is 2.67 bits per heavy atom. The highest BCUT2D eigenvalue weighted by Crippen LogP contribution is 2.15. The van der Waals surface area contributed by atoms with E-state index in [0.29, 0.717) is 16.0 Å². The van der Waals surface area contributed by atoms with Gasteiger partial charge < -0.3 is 5.73 Å². The molecule has 0 amide bonds. The molecular formula is C9H7ClN4S. The van der Waals surface area contributed by atoms with Crippen LogP contribution in [0.1, 0.15) is 5.56 Å². The summed E-state index contributed by atoms with van der Waals surface area (Å²) in [7, 11) is 0. The van der Waals surface area contributed by atoms with Crippen LogP contribution < -0.4 is 5.73 Å². The molecule has 2 rings (SSSR count). The van der Waals surface area contributed by atoms with E-state index in [1.807, 2.05) is 12.1 Å². The van der Waals surface area contributed by atoms with Crippen molar-refractivity contribution in [3.05, 3.63) is 40.4 Å². The summed E-state index contributed by atoms with van der Waals surface area (Å²) >= 11 is 7.09. The summed E-state index contributed by atoms with van der Waals surface area (Å²) < 4.78 is 0. The quantitative estimate of drug-likeness (QED) is 0.645. The van der Waals surface area contributed by atoms with Crippen LogP contribution in [0, 0.1) is 0 Å². The Morgan fingerprint density at radius 1 is 1.33 bits per heavy atom. The van der Waals surface area contributed by atoms with E-state index in [1.54, 1.807) is 17.6 Å². The Kier molecular flexibility index (Phi) is 2.94. The van der Waals surface area contributed by atoms with Crippen molar-refractivity contribution in [2.45, 2.75) is 0 Å². The summed E-state index contributed by atoms with van der Waals surface area (Å²) in [5.41, 5.74) is 8.20. The maximum absolute atomic E-state index is 5.78. The Balaban J connectivity index is 2.28. The summed E-state index contributed by atoms with van der Waals surface area (Å²) in [6.07, 6.45) is 0. The molecule has 1 aromatic carbocycles. The number of nitrogens with zero attached hydrogens (tertiary/aromatic N) is 3. The van der Waals surface area contributed by atoms with Gasteiger partial charge in [0.1, 0.15) is 11.3 Å². The van der Waals surface area contributed by atoms with Crippen LogP contribution in [0.15, 0.2) is 34.8 Å². The van der Waals surface area contributed by atoms with E-state index in [9.17, 15) is 0 Å². The first-order chi connectivity index (χ1) is 7.25. The van der Waals surface area contributed by atoms with E-state index in [-0.39, 0.29) is 0 Å². The molecule has 0 atom stereocenters. The van der Waals surface area contributed by atoms with Crippen LogP contribution in [0.3, 0.4) is 0 Å². The molecule has 6 heteroatoms. The third-order valence-electron chi connectivity index (χ3n) is 1.70. The van der Waals surface area contributed by atoms with Gasteiger partial charge in [-0.1, -0.05) is 22.9 Å². The first-order valence-electron chi connectivity index (χ1n) is 4.12. The molecule has 0 radical (unpaired) electrons. The zero-order chi connectivity index (χ0) is 10.7. The largest absolute Gasteiger partial charge is 0.383 e. The standard InChI is InChI=1S/C9H7ClN4S/c10-7-3-1-6(2-4-7)8(11)13-9-14-12-5-15-9/h1-5H,(H2,11,13,14). The van der Waals surface area contributed by atoms with Crippen molar-refractivity contribution in [3.63, 3.8) is 0 Å². The lowest BCUT2D eigenvalue weighted by Gasteiger charge is -1.98. The molecule has 0 unspecified atom stereocenters. The number of hydrogen-bond acceptors (Lipinski definition) is 4. The fourth-order valence-electron chi connectivity index (χ4n) is 1.00. The van der Waals surface area contributed by atoms with Gasteiger partial charge in [0.05, 0.1) is 0 Å². The minimum absolute atomic E-state index is 0.406. The van der Waals surface area contributed by atoms with Crippen LogP contribution in [-0.2, 0) is 0 Å². The third-order valence-corrected chi connectivity index (χ3v) is 2.54. The molecule has 0 spiro atoms. The zero-order valence-corrected chi connectivity index (χ0v) is 9.16. The maximum Gasteiger partial charge on any atom is 0.233 e. The van der Waals surface area contributed by atoms with E-state index in [1.165, 1.54) is 11.3 Å². The highest BCUT2D eigenvalue weighted by Gasteiger charge is 2.00. The molecule has 0 aliphatic rings. The number of halogens is 1. The summed E-state index contributed by atoms with van der Waals surface area (Å²) in [5, 5.41) is 8.65. The number of hydrogen-bond donors (Lipinski definition) is 1. The monoisotopic (exact) mass is 238 g/mol. The molecule has 0 aliphatic carbocycles. The molecule has 4 nitrogen and oxygen atoms in total. The molecular weight excluding hydrogens is 232 g/mol. The number of rotatable bonds is 2. The first kappa shape index (κ1) is 10.1. The number of aromatic nitrogens is 2. The Labute approximate surface area is 95.4 Å². The van der Waals surface area contributed by atoms with Gasteiger partial charge in [0.2, 0.25) is 5.13 Å². The summed E-state index contributed by atoms with van der Waals surface area (Å²) in [6, 6.07) is 7.14. The molecule has 2 aromatic rings. The Bertz CT molecular complexity index is 463. The van der Waals surface area contributed by atoms with Gasteiger partial charge in [-0.3, -0.25) is 0 Å². The van der Waals surface area contributed by atoms with Crippen molar-refractivity contribution >= 4 is 33.9 Å². The van der Waals surface area contributed by atoms with Gasteiger partial charge >= 0.3 is 0 Å². The van der Waals surface area contributed by atoms with Gasteiger partial charge in [0.25, 0.3) is 0 Å². The van der Waals surface area contributed by atoms with E-state index in [4.69, 9.17) is 17.3 Å². The van der Waals surface area contributed by atoms with E-state index in [0.717, 1.165) is 5.56 Å². The van der Waals surface area contributed by atoms with Crippen LogP contribution in [0.25, 0.3) is 0 Å². The van der Waals surface area contributed by atoms with Crippen LogP contribution in [0.5, 0.6) is 0 Å². The van der Waals surface area contributed by atoms with Crippen LogP contribution in [0.4, 0.5) is 5.13 Å². The Hall–Kier alpha value is -1.46. The molecule has 0 fully saturated rings. The smallest absolute Gasteiger partial charge is 0.233 e. The third kappa shape index (κ3) is 2.51. The number of amidine groups is 1. The van der Waals surface area contributed by atoms with Gasteiger partial charge in [-0.15, -0.1) is 10.2 Å². The molecule has 1 heterocycles. The molecule has 15 heavy (non-hydrogen) atoms. The number of nitrogens with two attached hydrogens (primary N) is 1. The van der Waals surface area contributed by atoms with Crippen LogP contribution >= 0.6 is 22.9 Å². The van der Waals surface area contributed by atoms with Gasteiger partial charge in [-0.25, -0.2) is 4.99 Å². The first-order valence-corrected chi connectivity index (χ1v) is 5.38. The average Bonchev–Trinajstić information content (AvgIpc) is 2.71. The summed E-state index contributed by atoms with van der Waals surface area (Å²) in [5.74, 6) is 0.406. The predicted octanol–water partition coefficient (Wildman–Crippen LogP) is 2.23. The molecule has 1 aromatic heterocycles. The summed E-state index contributed by atoms with van der Waals surface area (Å²) in [4.78, 5) is 4.12. The molecule has 0 saturated carbocycles. The number of aliphatic imine (C=N–C) groups is 1. The van der Waals surface area contributed by atoms with Gasteiger partial charge in [-0.2, -0.15) is 0 Å². The zero-order valence-electron chi connectivity index (χ0n) is 7.59. The highest BCUT2D eigenvalue weighted by molar-refractivity contribution is 7.13. The van der Waals surface area contributed by atoms with Crippen molar-refractivity contribution in [3.8, 4) is 0 Å². The lowest BCUT2D eigenvalue weighted by atomic mass is 10.2. The lowest BCUT2D eigenvalue weighted by Crippen LogP contribution is -2.12. The average molecular weight is 239 g/mol. The highest BCUT2D eigenvalue weighted by atomic mass is 35.5. The SMILES string of the molecule is N/C(=N/c1nncs1)c1ccc(Cl)cc1. The molecule has 2 N–H and O–H groups in total. The van der Waals surface area contributed by atoms with Crippen molar-refractivity contribution in [1.82, 2.24) is 10.2 Å². The minimum Gasteiger partial charge on any atom is -0.383 e. The van der Waals surface area contributed by atoms with Crippen LogP contribution in [-0.4, -0.2) is 16.0 Å². The van der Waals surface area contributed by atoms with Crippen molar-refractivity contribution < 1.29 is 0 Å². The Morgan fingerprint density at radius 2 is 2.07 bits per heavy atom. The van der Waals surface area contributed by atoms with E-state index < -0.39 is 0 Å². The number of benzene rings is 1. The van der Waals surface area contributed by atoms with E-state index >= 15 is 0 Å². The molecule has 0 saturated heterocycles. The maximum atomic E-state index is 5.78. The second-order valence-electron chi connectivity index (χ2n) is 2.73. The van der Waals surface area contributed by atoms with E-state index in [2.05, 4.69) is 15.2 Å². The molecule has 0 aliphatic heterocycles. The van der Waals surface area contributed by atoms with Crippen molar-refractivity contribution in [2.24, 2.45) is 10.7 Å². The second kappa shape index (κ2) is 4.37. The normalized spacial score (nSPS) is 11.7. The summed E-state index contributed by atoms with van der Waals surface area (Å²) in [6.45, 7) is 0.